The number of fused-ring (bicyclic) bond motifs is 3. The smallest absolute Gasteiger partial charge is 0.254 e. The van der Waals surface area contributed by atoms with Gasteiger partial charge in [-0.3, -0.25) is 4.79 Å². The number of thiophene rings is 1. The molecule has 3 nitrogen and oxygen atoms in total. The van der Waals surface area contributed by atoms with E-state index >= 15 is 0 Å². The second kappa shape index (κ2) is 4.33. The molecule has 92 valence electrons. The third kappa shape index (κ3) is 1.62. The first-order chi connectivity index (χ1) is 8.72. The SMILES string of the molecule is CNC(=O)c1c(N)sc2c1-c1ccccc1SC2. The number of anilines is 1. The molecule has 0 atom stereocenters. The Balaban J connectivity index is 2.28. The van der Waals surface area contributed by atoms with Gasteiger partial charge in [0, 0.05) is 28.1 Å². The molecule has 1 aromatic carbocycles. The van der Waals surface area contributed by atoms with Gasteiger partial charge in [0.2, 0.25) is 0 Å². The summed E-state index contributed by atoms with van der Waals surface area (Å²) in [5.41, 5.74) is 8.77. The summed E-state index contributed by atoms with van der Waals surface area (Å²) in [5.74, 6) is 0.782. The Bertz CT molecular complexity index is 634. The molecule has 0 saturated carbocycles. The molecule has 0 fully saturated rings. The van der Waals surface area contributed by atoms with Crippen molar-refractivity contribution in [2.24, 2.45) is 0 Å². The summed E-state index contributed by atoms with van der Waals surface area (Å²) in [6.07, 6.45) is 0. The van der Waals surface area contributed by atoms with E-state index in [9.17, 15) is 4.79 Å². The number of benzene rings is 1. The lowest BCUT2D eigenvalue weighted by atomic mass is 10.0. The van der Waals surface area contributed by atoms with Gasteiger partial charge in [-0.1, -0.05) is 18.2 Å². The summed E-state index contributed by atoms with van der Waals surface area (Å²) in [5, 5.41) is 3.28. The van der Waals surface area contributed by atoms with Crippen LogP contribution in [0.1, 0.15) is 15.2 Å². The minimum Gasteiger partial charge on any atom is -0.390 e. The fraction of sp³-hybridized carbons (Fsp3) is 0.154. The van der Waals surface area contributed by atoms with Crippen LogP contribution in [0.4, 0.5) is 5.00 Å². The van der Waals surface area contributed by atoms with Gasteiger partial charge in [-0.15, -0.1) is 23.1 Å². The zero-order chi connectivity index (χ0) is 12.7. The van der Waals surface area contributed by atoms with E-state index in [-0.39, 0.29) is 5.91 Å². The standard InChI is InChI=1S/C13H12N2OS2/c1-15-13(16)11-10-7-4-2-3-5-8(7)17-6-9(10)18-12(11)14/h2-5H,6,14H2,1H3,(H,15,16). The fourth-order valence-corrected chi connectivity index (χ4v) is 4.40. The fourth-order valence-electron chi connectivity index (χ4n) is 2.18. The normalized spacial score (nSPS) is 12.7. The van der Waals surface area contributed by atoms with Gasteiger partial charge >= 0.3 is 0 Å². The second-order valence-electron chi connectivity index (χ2n) is 4.00. The molecule has 1 aliphatic heterocycles. The Labute approximate surface area is 113 Å². The third-order valence-electron chi connectivity index (χ3n) is 2.98. The van der Waals surface area contributed by atoms with Crippen molar-refractivity contribution in [3.05, 3.63) is 34.7 Å². The largest absolute Gasteiger partial charge is 0.390 e. The van der Waals surface area contributed by atoms with E-state index in [1.165, 1.54) is 21.1 Å². The van der Waals surface area contributed by atoms with Crippen LogP contribution in [-0.2, 0) is 5.75 Å². The molecule has 3 rings (SSSR count). The number of rotatable bonds is 1. The predicted molar refractivity (Wildman–Crippen MR) is 77.1 cm³/mol. The molecule has 3 N–H and O–H groups in total. The first-order valence-electron chi connectivity index (χ1n) is 5.57. The number of carbonyl (C=O) groups excluding carboxylic acids is 1. The van der Waals surface area contributed by atoms with Crippen LogP contribution in [-0.4, -0.2) is 13.0 Å². The number of thioether (sulfide) groups is 1. The van der Waals surface area contributed by atoms with E-state index < -0.39 is 0 Å². The van der Waals surface area contributed by atoms with Crippen molar-refractivity contribution < 1.29 is 4.79 Å². The van der Waals surface area contributed by atoms with Crippen LogP contribution in [0.2, 0.25) is 0 Å². The highest BCUT2D eigenvalue weighted by atomic mass is 32.2. The minimum absolute atomic E-state index is 0.105. The van der Waals surface area contributed by atoms with Gasteiger partial charge in [0.15, 0.2) is 0 Å². The molecule has 1 aromatic heterocycles. The highest BCUT2D eigenvalue weighted by Gasteiger charge is 2.27. The van der Waals surface area contributed by atoms with Gasteiger partial charge in [-0.2, -0.15) is 0 Å². The summed E-state index contributed by atoms with van der Waals surface area (Å²) < 4.78 is 0. The Hall–Kier alpha value is -1.46. The maximum atomic E-state index is 12.0. The summed E-state index contributed by atoms with van der Waals surface area (Å²) in [4.78, 5) is 14.4. The van der Waals surface area contributed by atoms with Gasteiger partial charge in [0.25, 0.3) is 5.91 Å². The second-order valence-corrected chi connectivity index (χ2v) is 6.16. The van der Waals surface area contributed by atoms with Gasteiger partial charge in [-0.25, -0.2) is 0 Å². The number of amides is 1. The zero-order valence-corrected chi connectivity index (χ0v) is 11.5. The van der Waals surface area contributed by atoms with E-state index in [1.54, 1.807) is 18.8 Å². The number of carbonyl (C=O) groups is 1. The van der Waals surface area contributed by atoms with E-state index in [1.807, 2.05) is 12.1 Å². The van der Waals surface area contributed by atoms with Crippen molar-refractivity contribution >= 4 is 34.0 Å². The van der Waals surface area contributed by atoms with Crippen LogP contribution < -0.4 is 11.1 Å². The molecule has 5 heteroatoms. The Morgan fingerprint density at radius 3 is 2.94 bits per heavy atom. The van der Waals surface area contributed by atoms with Crippen molar-refractivity contribution in [2.75, 3.05) is 12.8 Å². The van der Waals surface area contributed by atoms with E-state index in [0.29, 0.717) is 10.6 Å². The first-order valence-corrected chi connectivity index (χ1v) is 7.38. The van der Waals surface area contributed by atoms with Crippen molar-refractivity contribution in [3.8, 4) is 11.1 Å². The summed E-state index contributed by atoms with van der Waals surface area (Å²) in [7, 11) is 1.63. The van der Waals surface area contributed by atoms with Crippen molar-refractivity contribution in [2.45, 2.75) is 10.6 Å². The monoisotopic (exact) mass is 276 g/mol. The average Bonchev–Trinajstić information content (AvgIpc) is 2.74. The van der Waals surface area contributed by atoms with Gasteiger partial charge in [-0.05, 0) is 11.6 Å². The van der Waals surface area contributed by atoms with Crippen LogP contribution in [0.5, 0.6) is 0 Å². The highest BCUT2D eigenvalue weighted by Crippen LogP contribution is 2.48. The summed E-state index contributed by atoms with van der Waals surface area (Å²) in [6.45, 7) is 0. The molecule has 0 spiro atoms. The number of hydrogen-bond donors (Lipinski definition) is 2. The summed E-state index contributed by atoms with van der Waals surface area (Å²) in [6, 6.07) is 8.16. The average molecular weight is 276 g/mol. The Morgan fingerprint density at radius 1 is 1.39 bits per heavy atom. The maximum Gasteiger partial charge on any atom is 0.254 e. The number of nitrogens with one attached hydrogen (secondary N) is 1. The van der Waals surface area contributed by atoms with Gasteiger partial charge < -0.3 is 11.1 Å². The number of nitrogens with two attached hydrogens (primary N) is 1. The van der Waals surface area contributed by atoms with Crippen LogP contribution in [0.3, 0.4) is 0 Å². The molecule has 0 radical (unpaired) electrons. The maximum absolute atomic E-state index is 12.0. The van der Waals surface area contributed by atoms with E-state index in [2.05, 4.69) is 17.4 Å². The molecule has 1 aliphatic rings. The van der Waals surface area contributed by atoms with E-state index in [4.69, 9.17) is 5.73 Å². The first kappa shape index (κ1) is 11.6. The van der Waals surface area contributed by atoms with Crippen LogP contribution in [0.15, 0.2) is 29.2 Å². The van der Waals surface area contributed by atoms with Crippen molar-refractivity contribution in [3.63, 3.8) is 0 Å². The zero-order valence-electron chi connectivity index (χ0n) is 9.82. The van der Waals surface area contributed by atoms with Gasteiger partial charge in [0.1, 0.15) is 0 Å². The minimum atomic E-state index is -0.105. The Morgan fingerprint density at radius 2 is 2.17 bits per heavy atom. The molecule has 18 heavy (non-hydrogen) atoms. The lowest BCUT2D eigenvalue weighted by molar-refractivity contribution is 0.0965. The van der Waals surface area contributed by atoms with Crippen LogP contribution in [0, 0.1) is 0 Å². The molecule has 0 unspecified atom stereocenters. The molecule has 0 bridgehead atoms. The molecule has 2 aromatic rings. The quantitative estimate of drug-likeness (QED) is 0.842. The third-order valence-corrected chi connectivity index (χ3v) is 5.28. The topological polar surface area (TPSA) is 55.1 Å². The molecule has 2 heterocycles. The predicted octanol–water partition coefficient (Wildman–Crippen LogP) is 2.96. The lowest BCUT2D eigenvalue weighted by Crippen LogP contribution is -2.19. The van der Waals surface area contributed by atoms with Crippen molar-refractivity contribution in [1.82, 2.24) is 5.32 Å². The van der Waals surface area contributed by atoms with Crippen molar-refractivity contribution in [1.29, 1.82) is 0 Å². The molecule has 1 amide bonds. The van der Waals surface area contributed by atoms with E-state index in [0.717, 1.165) is 16.9 Å². The molecule has 0 saturated heterocycles. The molecule has 0 aliphatic carbocycles. The highest BCUT2D eigenvalue weighted by molar-refractivity contribution is 7.98. The molecular weight excluding hydrogens is 264 g/mol. The lowest BCUT2D eigenvalue weighted by Gasteiger charge is -2.16. The number of nitrogen functional groups attached to an aromatic ring is 1. The molecular formula is C13H12N2OS2. The number of hydrogen-bond acceptors (Lipinski definition) is 4. The summed E-state index contributed by atoms with van der Waals surface area (Å²) >= 11 is 3.32. The van der Waals surface area contributed by atoms with Gasteiger partial charge in [0.05, 0.1) is 10.6 Å². The van der Waals surface area contributed by atoms with Crippen LogP contribution in [0.25, 0.3) is 11.1 Å². The Kier molecular flexibility index (Phi) is 2.80. The van der Waals surface area contributed by atoms with Crippen LogP contribution >= 0.6 is 23.1 Å².